The number of carbonyl (C=O) groups is 2. The van der Waals surface area contributed by atoms with E-state index in [0.717, 1.165) is 6.07 Å². The van der Waals surface area contributed by atoms with Crippen LogP contribution in [0.1, 0.15) is 10.5 Å². The summed E-state index contributed by atoms with van der Waals surface area (Å²) in [5.41, 5.74) is 0.433. The van der Waals surface area contributed by atoms with Crippen LogP contribution in [-0.4, -0.2) is 23.5 Å². The molecule has 0 aliphatic heterocycles. The predicted molar refractivity (Wildman–Crippen MR) is 71.1 cm³/mol. The summed E-state index contributed by atoms with van der Waals surface area (Å²) in [5, 5.41) is 2.76. The van der Waals surface area contributed by atoms with Crippen LogP contribution in [0.3, 0.4) is 0 Å². The fourth-order valence-electron chi connectivity index (χ4n) is 1.46. The molecular weight excluding hydrogens is 287 g/mol. The Morgan fingerprint density at radius 2 is 2.15 bits per heavy atom. The number of hydrogen-bond donors (Lipinski definition) is 2. The zero-order valence-corrected chi connectivity index (χ0v) is 10.9. The Bertz CT molecular complexity index is 642. The van der Waals surface area contributed by atoms with Crippen molar-refractivity contribution in [2.45, 2.75) is 0 Å². The van der Waals surface area contributed by atoms with Gasteiger partial charge in [-0.15, -0.1) is 0 Å². The fourth-order valence-corrected chi connectivity index (χ4v) is 1.62. The summed E-state index contributed by atoms with van der Waals surface area (Å²) in [6.07, 6.45) is 1.42. The number of aromatic amines is 1. The molecule has 0 unspecified atom stereocenters. The van der Waals surface area contributed by atoms with E-state index in [1.165, 1.54) is 30.5 Å². The molecule has 1 aromatic heterocycles. The zero-order chi connectivity index (χ0) is 14.5. The third kappa shape index (κ3) is 3.83. The van der Waals surface area contributed by atoms with Crippen molar-refractivity contribution >= 4 is 29.2 Å². The number of carbonyl (C=O) groups excluding carboxylic acids is 2. The topological polar surface area (TPSA) is 71.2 Å². The van der Waals surface area contributed by atoms with E-state index in [1.807, 2.05) is 0 Å². The number of H-pyrrole nitrogens is 1. The predicted octanol–water partition coefficient (Wildman–Crippen LogP) is 2.60. The first-order valence-corrected chi connectivity index (χ1v) is 5.99. The van der Waals surface area contributed by atoms with Gasteiger partial charge in [-0.25, -0.2) is 9.18 Å². The van der Waals surface area contributed by atoms with Gasteiger partial charge in [0.2, 0.25) is 0 Å². The van der Waals surface area contributed by atoms with Crippen LogP contribution in [-0.2, 0) is 9.53 Å². The Morgan fingerprint density at radius 1 is 1.35 bits per heavy atom. The highest BCUT2D eigenvalue weighted by atomic mass is 35.5. The van der Waals surface area contributed by atoms with Gasteiger partial charge in [0.25, 0.3) is 5.91 Å². The maximum Gasteiger partial charge on any atom is 0.355 e. The standard InChI is InChI=1S/C13H10ClFN2O3/c14-8-4-11(16-6-8)13(19)20-7-12(18)17-10-3-1-2-9(15)5-10/h1-6,16H,7H2,(H,17,18). The molecule has 20 heavy (non-hydrogen) atoms. The van der Waals surface area contributed by atoms with E-state index < -0.39 is 24.3 Å². The molecule has 2 rings (SSSR count). The molecule has 0 aliphatic rings. The van der Waals surface area contributed by atoms with Gasteiger partial charge in [-0.1, -0.05) is 17.7 Å². The molecule has 1 amide bonds. The monoisotopic (exact) mass is 296 g/mol. The van der Waals surface area contributed by atoms with Gasteiger partial charge in [0, 0.05) is 11.9 Å². The fraction of sp³-hybridized carbons (Fsp3) is 0.0769. The van der Waals surface area contributed by atoms with Crippen LogP contribution in [0.5, 0.6) is 0 Å². The molecule has 1 aromatic carbocycles. The van der Waals surface area contributed by atoms with Gasteiger partial charge in [0.05, 0.1) is 5.02 Å². The van der Waals surface area contributed by atoms with Crippen molar-refractivity contribution in [2.24, 2.45) is 0 Å². The lowest BCUT2D eigenvalue weighted by Gasteiger charge is -2.05. The zero-order valence-electron chi connectivity index (χ0n) is 10.2. The van der Waals surface area contributed by atoms with Crippen LogP contribution < -0.4 is 5.32 Å². The van der Waals surface area contributed by atoms with Crippen LogP contribution >= 0.6 is 11.6 Å². The van der Waals surface area contributed by atoms with Gasteiger partial charge in [0.1, 0.15) is 11.5 Å². The third-order valence-electron chi connectivity index (χ3n) is 2.31. The van der Waals surface area contributed by atoms with Crippen LogP contribution in [0.4, 0.5) is 10.1 Å². The highest BCUT2D eigenvalue weighted by molar-refractivity contribution is 6.30. The summed E-state index contributed by atoms with van der Waals surface area (Å²) < 4.78 is 17.7. The Labute approximate surface area is 118 Å². The van der Waals surface area contributed by atoms with Gasteiger partial charge >= 0.3 is 5.97 Å². The molecule has 2 aromatic rings. The molecule has 7 heteroatoms. The van der Waals surface area contributed by atoms with Gasteiger partial charge in [-0.3, -0.25) is 4.79 Å². The molecule has 0 fully saturated rings. The smallest absolute Gasteiger partial charge is 0.355 e. The Balaban J connectivity index is 1.85. The van der Waals surface area contributed by atoms with Crippen molar-refractivity contribution in [2.75, 3.05) is 11.9 Å². The van der Waals surface area contributed by atoms with Crippen LogP contribution in [0.15, 0.2) is 36.5 Å². The first-order chi connectivity index (χ1) is 9.54. The molecule has 0 atom stereocenters. The number of hydrogen-bond acceptors (Lipinski definition) is 3. The van der Waals surface area contributed by atoms with E-state index in [-0.39, 0.29) is 11.4 Å². The Kier molecular flexibility index (Phi) is 4.37. The maximum absolute atomic E-state index is 12.9. The Morgan fingerprint density at radius 3 is 2.80 bits per heavy atom. The number of esters is 1. The lowest BCUT2D eigenvalue weighted by molar-refractivity contribution is -0.119. The molecular formula is C13H10ClFN2O3. The number of benzene rings is 1. The molecule has 0 saturated heterocycles. The van der Waals surface area contributed by atoms with E-state index in [9.17, 15) is 14.0 Å². The summed E-state index contributed by atoms with van der Waals surface area (Å²) in [4.78, 5) is 25.6. The van der Waals surface area contributed by atoms with Crippen LogP contribution in [0, 0.1) is 5.82 Å². The number of rotatable bonds is 4. The van der Waals surface area contributed by atoms with Crippen molar-refractivity contribution in [1.82, 2.24) is 4.98 Å². The van der Waals surface area contributed by atoms with Gasteiger partial charge in [-0.05, 0) is 24.3 Å². The van der Waals surface area contributed by atoms with E-state index >= 15 is 0 Å². The second-order valence-electron chi connectivity index (χ2n) is 3.87. The van der Waals surface area contributed by atoms with E-state index in [2.05, 4.69) is 10.3 Å². The minimum absolute atomic E-state index is 0.147. The first-order valence-electron chi connectivity index (χ1n) is 5.61. The molecule has 0 radical (unpaired) electrons. The molecule has 104 valence electrons. The van der Waals surface area contributed by atoms with E-state index in [4.69, 9.17) is 16.3 Å². The van der Waals surface area contributed by atoms with E-state index in [1.54, 1.807) is 0 Å². The third-order valence-corrected chi connectivity index (χ3v) is 2.53. The average molecular weight is 297 g/mol. The van der Waals surface area contributed by atoms with Crippen molar-refractivity contribution in [3.8, 4) is 0 Å². The summed E-state index contributed by atoms with van der Waals surface area (Å²) in [6, 6.07) is 6.77. The largest absolute Gasteiger partial charge is 0.451 e. The molecule has 0 spiro atoms. The second kappa shape index (κ2) is 6.21. The lowest BCUT2D eigenvalue weighted by Crippen LogP contribution is -2.21. The highest BCUT2D eigenvalue weighted by Gasteiger charge is 2.12. The number of aromatic nitrogens is 1. The number of anilines is 1. The SMILES string of the molecule is O=C(COC(=O)c1cc(Cl)c[nH]1)Nc1cccc(F)c1. The second-order valence-corrected chi connectivity index (χ2v) is 4.30. The summed E-state index contributed by atoms with van der Waals surface area (Å²) in [7, 11) is 0. The van der Waals surface area contributed by atoms with Crippen LogP contribution in [0.25, 0.3) is 0 Å². The summed E-state index contributed by atoms with van der Waals surface area (Å²) >= 11 is 5.64. The van der Waals surface area contributed by atoms with Crippen LogP contribution in [0.2, 0.25) is 5.02 Å². The molecule has 0 bridgehead atoms. The number of ether oxygens (including phenoxy) is 1. The molecule has 0 saturated carbocycles. The van der Waals surface area contributed by atoms with E-state index in [0.29, 0.717) is 5.02 Å². The molecule has 2 N–H and O–H groups in total. The van der Waals surface area contributed by atoms with Crippen molar-refractivity contribution < 1.29 is 18.7 Å². The maximum atomic E-state index is 12.9. The van der Waals surface area contributed by atoms with Crippen molar-refractivity contribution in [3.63, 3.8) is 0 Å². The van der Waals surface area contributed by atoms with Crippen molar-refractivity contribution in [1.29, 1.82) is 0 Å². The molecule has 5 nitrogen and oxygen atoms in total. The normalized spacial score (nSPS) is 10.1. The van der Waals surface area contributed by atoms with Gasteiger partial charge < -0.3 is 15.0 Å². The number of nitrogens with one attached hydrogen (secondary N) is 2. The average Bonchev–Trinajstić information content (AvgIpc) is 2.83. The highest BCUT2D eigenvalue weighted by Crippen LogP contribution is 2.11. The minimum atomic E-state index is -0.703. The number of halogens is 2. The molecule has 1 heterocycles. The number of amides is 1. The summed E-state index contributed by atoms with van der Waals surface area (Å²) in [5.74, 6) is -1.74. The first kappa shape index (κ1) is 14.1. The molecule has 0 aliphatic carbocycles. The van der Waals surface area contributed by atoms with Gasteiger partial charge in [-0.2, -0.15) is 0 Å². The van der Waals surface area contributed by atoms with Crippen molar-refractivity contribution in [3.05, 3.63) is 53.1 Å². The lowest BCUT2D eigenvalue weighted by atomic mass is 10.3. The summed E-state index contributed by atoms with van der Waals surface area (Å²) in [6.45, 7) is -0.480. The quantitative estimate of drug-likeness (QED) is 0.852. The Hall–Kier alpha value is -2.34. The minimum Gasteiger partial charge on any atom is -0.451 e. The van der Waals surface area contributed by atoms with Gasteiger partial charge in [0.15, 0.2) is 6.61 Å².